The quantitative estimate of drug-likeness (QED) is 0.567. The molecule has 108 valence electrons. The Morgan fingerprint density at radius 2 is 1.83 bits per heavy atom. The van der Waals surface area contributed by atoms with Gasteiger partial charge < -0.3 is 10.2 Å². The standard InChI is InChI=1S/C12H27N3O2S/c1-2-6-13-8-12-18(16,17)14-7-5-11-15-9-3-4-10-15/h13-14H,2-12H2,1H3. The fourth-order valence-electron chi connectivity index (χ4n) is 2.12. The third kappa shape index (κ3) is 7.31. The lowest BCUT2D eigenvalue weighted by Gasteiger charge is -2.14. The molecule has 5 nitrogen and oxygen atoms in total. The lowest BCUT2D eigenvalue weighted by atomic mass is 10.4. The van der Waals surface area contributed by atoms with Gasteiger partial charge in [0.2, 0.25) is 10.0 Å². The molecule has 18 heavy (non-hydrogen) atoms. The van der Waals surface area contributed by atoms with Crippen molar-refractivity contribution >= 4 is 10.0 Å². The topological polar surface area (TPSA) is 61.4 Å². The first-order chi connectivity index (χ1) is 8.64. The zero-order chi connectivity index (χ0) is 13.3. The number of nitrogens with zero attached hydrogens (tertiary/aromatic N) is 1. The second-order valence-corrected chi connectivity index (χ2v) is 6.79. The molecule has 0 bridgehead atoms. The zero-order valence-electron chi connectivity index (χ0n) is 11.5. The summed E-state index contributed by atoms with van der Waals surface area (Å²) in [6.07, 6.45) is 4.51. The molecule has 0 aromatic carbocycles. The van der Waals surface area contributed by atoms with Crippen LogP contribution in [0.5, 0.6) is 0 Å². The van der Waals surface area contributed by atoms with Crippen molar-refractivity contribution in [2.24, 2.45) is 0 Å². The highest BCUT2D eigenvalue weighted by molar-refractivity contribution is 7.89. The van der Waals surface area contributed by atoms with Crippen LogP contribution in [0.3, 0.4) is 0 Å². The largest absolute Gasteiger partial charge is 0.316 e. The highest BCUT2D eigenvalue weighted by Crippen LogP contribution is 2.06. The third-order valence-electron chi connectivity index (χ3n) is 3.15. The summed E-state index contributed by atoms with van der Waals surface area (Å²) in [5.41, 5.74) is 0. The maximum absolute atomic E-state index is 11.6. The van der Waals surface area contributed by atoms with Crippen LogP contribution in [0.2, 0.25) is 0 Å². The molecule has 1 heterocycles. The minimum atomic E-state index is -3.09. The summed E-state index contributed by atoms with van der Waals surface area (Å²) in [5.74, 6) is 0.177. The lowest BCUT2D eigenvalue weighted by Crippen LogP contribution is -2.34. The molecule has 1 saturated heterocycles. The Morgan fingerprint density at radius 3 is 2.50 bits per heavy atom. The Labute approximate surface area is 111 Å². The fraction of sp³-hybridized carbons (Fsp3) is 1.00. The van der Waals surface area contributed by atoms with Gasteiger partial charge in [-0.05, 0) is 51.9 Å². The van der Waals surface area contributed by atoms with Crippen molar-refractivity contribution in [1.82, 2.24) is 14.9 Å². The Kier molecular flexibility index (Phi) is 7.81. The van der Waals surface area contributed by atoms with Crippen LogP contribution in [0.4, 0.5) is 0 Å². The average Bonchev–Trinajstić information content (AvgIpc) is 2.83. The summed E-state index contributed by atoms with van der Waals surface area (Å²) in [4.78, 5) is 2.40. The van der Waals surface area contributed by atoms with Crippen LogP contribution in [0.15, 0.2) is 0 Å². The first-order valence-electron chi connectivity index (χ1n) is 7.04. The van der Waals surface area contributed by atoms with Crippen molar-refractivity contribution in [3.8, 4) is 0 Å². The molecule has 0 aromatic rings. The predicted octanol–water partition coefficient (Wildman–Crippen LogP) is 0.391. The first kappa shape index (κ1) is 15.9. The van der Waals surface area contributed by atoms with Crippen molar-refractivity contribution in [3.05, 3.63) is 0 Å². The van der Waals surface area contributed by atoms with E-state index >= 15 is 0 Å². The molecular weight excluding hydrogens is 250 g/mol. The van der Waals surface area contributed by atoms with Gasteiger partial charge in [-0.3, -0.25) is 0 Å². The van der Waals surface area contributed by atoms with E-state index in [1.165, 1.54) is 25.9 Å². The van der Waals surface area contributed by atoms with Gasteiger partial charge in [0.25, 0.3) is 0 Å². The minimum absolute atomic E-state index is 0.177. The summed E-state index contributed by atoms with van der Waals surface area (Å²) in [6.45, 7) is 7.41. The molecule has 6 heteroatoms. The number of hydrogen-bond donors (Lipinski definition) is 2. The van der Waals surface area contributed by atoms with Crippen LogP contribution in [-0.4, -0.2) is 58.3 Å². The SMILES string of the molecule is CCCNCCS(=O)(=O)NCCCN1CCCC1. The normalized spacial score (nSPS) is 17.4. The van der Waals surface area contributed by atoms with Gasteiger partial charge in [0.05, 0.1) is 5.75 Å². The maximum atomic E-state index is 11.6. The van der Waals surface area contributed by atoms with Crippen molar-refractivity contribution in [2.75, 3.05) is 45.0 Å². The second-order valence-electron chi connectivity index (χ2n) is 4.87. The third-order valence-corrected chi connectivity index (χ3v) is 4.53. The van der Waals surface area contributed by atoms with Crippen molar-refractivity contribution in [2.45, 2.75) is 32.6 Å². The van der Waals surface area contributed by atoms with Crippen LogP contribution in [0.1, 0.15) is 32.6 Å². The minimum Gasteiger partial charge on any atom is -0.316 e. The number of hydrogen-bond acceptors (Lipinski definition) is 4. The van der Waals surface area contributed by atoms with Gasteiger partial charge in [-0.15, -0.1) is 0 Å². The summed E-state index contributed by atoms with van der Waals surface area (Å²) in [7, 11) is -3.09. The average molecular weight is 277 g/mol. The number of sulfonamides is 1. The smallest absolute Gasteiger partial charge is 0.212 e. The molecule has 2 N–H and O–H groups in total. The van der Waals surface area contributed by atoms with E-state index in [1.54, 1.807) is 0 Å². The monoisotopic (exact) mass is 277 g/mol. The maximum Gasteiger partial charge on any atom is 0.212 e. The predicted molar refractivity (Wildman–Crippen MR) is 75.2 cm³/mol. The van der Waals surface area contributed by atoms with Gasteiger partial charge in [-0.25, -0.2) is 13.1 Å². The van der Waals surface area contributed by atoms with Crippen LogP contribution in [0.25, 0.3) is 0 Å². The van der Waals surface area contributed by atoms with Gasteiger partial charge >= 0.3 is 0 Å². The molecule has 1 aliphatic rings. The van der Waals surface area contributed by atoms with Gasteiger partial charge in [0.1, 0.15) is 0 Å². The Morgan fingerprint density at radius 1 is 1.11 bits per heavy atom. The zero-order valence-corrected chi connectivity index (χ0v) is 12.3. The van der Waals surface area contributed by atoms with E-state index < -0.39 is 10.0 Å². The van der Waals surface area contributed by atoms with E-state index in [0.29, 0.717) is 13.1 Å². The molecule has 0 radical (unpaired) electrons. The van der Waals surface area contributed by atoms with Crippen LogP contribution in [0, 0.1) is 0 Å². The van der Waals surface area contributed by atoms with Crippen molar-refractivity contribution in [1.29, 1.82) is 0 Å². The molecule has 1 rings (SSSR count). The van der Waals surface area contributed by atoms with Crippen LogP contribution >= 0.6 is 0 Å². The van der Waals surface area contributed by atoms with Gasteiger partial charge in [0.15, 0.2) is 0 Å². The van der Waals surface area contributed by atoms with Crippen LogP contribution < -0.4 is 10.0 Å². The van der Waals surface area contributed by atoms with Crippen molar-refractivity contribution in [3.63, 3.8) is 0 Å². The number of nitrogens with one attached hydrogen (secondary N) is 2. The second kappa shape index (κ2) is 8.85. The highest BCUT2D eigenvalue weighted by atomic mass is 32.2. The molecule has 0 atom stereocenters. The first-order valence-corrected chi connectivity index (χ1v) is 8.69. The van der Waals surface area contributed by atoms with E-state index in [1.807, 2.05) is 0 Å². The fourth-order valence-corrected chi connectivity index (χ4v) is 3.13. The van der Waals surface area contributed by atoms with E-state index in [2.05, 4.69) is 21.9 Å². The molecule has 0 aromatic heterocycles. The Hall–Kier alpha value is -0.170. The number of rotatable bonds is 10. The van der Waals surface area contributed by atoms with Gasteiger partial charge in [-0.2, -0.15) is 0 Å². The van der Waals surface area contributed by atoms with Crippen LogP contribution in [-0.2, 0) is 10.0 Å². The van der Waals surface area contributed by atoms with Gasteiger partial charge in [0, 0.05) is 13.1 Å². The summed E-state index contributed by atoms with van der Waals surface area (Å²) in [5, 5.41) is 3.10. The van der Waals surface area contributed by atoms with E-state index in [-0.39, 0.29) is 5.75 Å². The van der Waals surface area contributed by atoms with E-state index in [0.717, 1.165) is 25.9 Å². The molecule has 1 fully saturated rings. The molecule has 0 spiro atoms. The Balaban J connectivity index is 2.01. The highest BCUT2D eigenvalue weighted by Gasteiger charge is 2.12. The summed E-state index contributed by atoms with van der Waals surface area (Å²) >= 11 is 0. The molecule has 0 unspecified atom stereocenters. The number of likely N-dealkylation sites (tertiary alicyclic amines) is 1. The van der Waals surface area contributed by atoms with Crippen molar-refractivity contribution < 1.29 is 8.42 Å². The molecule has 1 aliphatic heterocycles. The van der Waals surface area contributed by atoms with E-state index in [4.69, 9.17) is 0 Å². The van der Waals surface area contributed by atoms with Gasteiger partial charge in [-0.1, -0.05) is 6.92 Å². The van der Waals surface area contributed by atoms with E-state index in [9.17, 15) is 8.42 Å². The Bertz CT molecular complexity index is 300. The summed E-state index contributed by atoms with van der Waals surface area (Å²) in [6, 6.07) is 0. The molecular formula is C12H27N3O2S. The lowest BCUT2D eigenvalue weighted by molar-refractivity contribution is 0.334. The summed E-state index contributed by atoms with van der Waals surface area (Å²) < 4.78 is 25.9. The molecule has 0 aliphatic carbocycles. The molecule has 0 amide bonds. The molecule has 0 saturated carbocycles.